The summed E-state index contributed by atoms with van der Waals surface area (Å²) in [6.07, 6.45) is -1.34. The van der Waals surface area contributed by atoms with E-state index in [1.807, 2.05) is 47.4 Å². The highest BCUT2D eigenvalue weighted by atomic mass is 19.4. The highest BCUT2D eigenvalue weighted by Crippen LogP contribution is 2.30. The first-order valence-electron chi connectivity index (χ1n) is 14.8. The summed E-state index contributed by atoms with van der Waals surface area (Å²) in [6.45, 7) is 5.02. The molecule has 2 fully saturated rings. The van der Waals surface area contributed by atoms with Crippen molar-refractivity contribution in [3.05, 3.63) is 83.9 Å². The number of aryl methyl sites for hydroxylation is 1. The van der Waals surface area contributed by atoms with E-state index in [0.717, 1.165) is 61.5 Å². The fourth-order valence-corrected chi connectivity index (χ4v) is 5.58. The molecule has 2 aliphatic rings. The first kappa shape index (κ1) is 30.5. The number of nitrogens with zero attached hydrogens (tertiary/aromatic N) is 2. The third kappa shape index (κ3) is 9.03. The van der Waals surface area contributed by atoms with Crippen LogP contribution in [0.4, 0.5) is 24.5 Å². The number of rotatable bonds is 10. The minimum absolute atomic E-state index is 0.0150. The van der Waals surface area contributed by atoms with Gasteiger partial charge in [-0.1, -0.05) is 30.3 Å². The van der Waals surface area contributed by atoms with Gasteiger partial charge in [0.05, 0.1) is 6.10 Å². The Hall–Kier alpha value is -3.92. The van der Waals surface area contributed by atoms with Crippen molar-refractivity contribution in [2.45, 2.75) is 57.7 Å². The summed E-state index contributed by atoms with van der Waals surface area (Å²) in [7, 11) is 0. The largest absolute Gasteiger partial charge is 0.573 e. The second kappa shape index (κ2) is 14.0. The number of benzene rings is 3. The average molecular weight is 598 g/mol. The number of carbonyl (C=O) groups is 1. The number of carbonyl (C=O) groups excluding carboxylic acids is 1. The molecule has 0 aromatic heterocycles. The van der Waals surface area contributed by atoms with Crippen molar-refractivity contribution in [1.29, 1.82) is 0 Å². The van der Waals surface area contributed by atoms with Crippen LogP contribution in [0.2, 0.25) is 0 Å². The van der Waals surface area contributed by atoms with E-state index >= 15 is 0 Å². The number of halogens is 3. The van der Waals surface area contributed by atoms with Crippen LogP contribution in [-0.2, 0) is 16.1 Å². The van der Waals surface area contributed by atoms with Crippen LogP contribution < -0.4 is 19.7 Å². The van der Waals surface area contributed by atoms with Crippen molar-refractivity contribution in [3.63, 3.8) is 0 Å². The summed E-state index contributed by atoms with van der Waals surface area (Å²) in [5.41, 5.74) is 3.42. The molecule has 1 N–H and O–H groups in total. The van der Waals surface area contributed by atoms with Crippen LogP contribution in [0.5, 0.6) is 11.5 Å². The third-order valence-electron chi connectivity index (χ3n) is 7.97. The summed E-state index contributed by atoms with van der Waals surface area (Å²) >= 11 is 0. The number of ether oxygens (including phenoxy) is 3. The molecule has 1 amide bonds. The van der Waals surface area contributed by atoms with Crippen molar-refractivity contribution >= 4 is 17.3 Å². The normalized spacial score (nSPS) is 19.2. The third-order valence-corrected chi connectivity index (χ3v) is 7.97. The lowest BCUT2D eigenvalue weighted by Gasteiger charge is -2.36. The maximum atomic E-state index is 12.8. The number of alkyl halides is 3. The number of piperazine rings is 1. The van der Waals surface area contributed by atoms with Crippen molar-refractivity contribution in [3.8, 4) is 11.5 Å². The summed E-state index contributed by atoms with van der Waals surface area (Å²) in [4.78, 5) is 17.0. The summed E-state index contributed by atoms with van der Waals surface area (Å²) in [5, 5.41) is 3.40. The average Bonchev–Trinajstić information content (AvgIpc) is 3.01. The number of hydrogen-bond donors (Lipinski definition) is 1. The molecule has 3 aromatic carbocycles. The summed E-state index contributed by atoms with van der Waals surface area (Å²) < 4.78 is 53.5. The molecule has 0 radical (unpaired) electrons. The number of amides is 1. The van der Waals surface area contributed by atoms with Crippen LogP contribution in [0.15, 0.2) is 72.8 Å². The molecular weight excluding hydrogens is 559 g/mol. The lowest BCUT2D eigenvalue weighted by atomic mass is 9.92. The minimum atomic E-state index is -4.71. The van der Waals surface area contributed by atoms with E-state index in [1.165, 1.54) is 6.07 Å². The topological polar surface area (TPSA) is 63.3 Å². The molecule has 1 heterocycles. The quantitative estimate of drug-likeness (QED) is 0.286. The second-order valence-electron chi connectivity index (χ2n) is 11.1. The minimum Gasteiger partial charge on any atom is -0.489 e. The van der Waals surface area contributed by atoms with Gasteiger partial charge in [0.15, 0.2) is 0 Å². The van der Waals surface area contributed by atoms with Gasteiger partial charge in [0.1, 0.15) is 24.7 Å². The smallest absolute Gasteiger partial charge is 0.489 e. The van der Waals surface area contributed by atoms with Gasteiger partial charge in [-0.3, -0.25) is 4.79 Å². The van der Waals surface area contributed by atoms with E-state index in [4.69, 9.17) is 9.47 Å². The van der Waals surface area contributed by atoms with Gasteiger partial charge in [0, 0.05) is 43.6 Å². The first-order chi connectivity index (χ1) is 20.7. The van der Waals surface area contributed by atoms with Crippen LogP contribution in [-0.4, -0.2) is 62.1 Å². The van der Waals surface area contributed by atoms with Crippen molar-refractivity contribution in [2.75, 3.05) is 43.0 Å². The molecular formula is C33H38F3N3O4. The Bertz CT molecular complexity index is 1320. The fourth-order valence-electron chi connectivity index (χ4n) is 5.58. The van der Waals surface area contributed by atoms with Crippen LogP contribution in [0.3, 0.4) is 0 Å². The predicted molar refractivity (Wildman–Crippen MR) is 159 cm³/mol. The molecule has 3 aromatic rings. The Labute approximate surface area is 250 Å². The Morgan fingerprint density at radius 3 is 2.26 bits per heavy atom. The maximum Gasteiger partial charge on any atom is 0.573 e. The van der Waals surface area contributed by atoms with Crippen molar-refractivity contribution < 1.29 is 32.2 Å². The van der Waals surface area contributed by atoms with E-state index in [9.17, 15) is 18.0 Å². The lowest BCUT2D eigenvalue weighted by molar-refractivity contribution is -0.274. The van der Waals surface area contributed by atoms with E-state index in [0.29, 0.717) is 25.3 Å². The summed E-state index contributed by atoms with van der Waals surface area (Å²) in [5.74, 6) is 0.647. The van der Waals surface area contributed by atoms with Crippen molar-refractivity contribution in [2.24, 2.45) is 0 Å². The van der Waals surface area contributed by atoms with Crippen LogP contribution in [0, 0.1) is 6.92 Å². The van der Waals surface area contributed by atoms with Crippen LogP contribution in [0.25, 0.3) is 0 Å². The Kier molecular flexibility index (Phi) is 9.97. The Morgan fingerprint density at radius 1 is 0.907 bits per heavy atom. The summed E-state index contributed by atoms with van der Waals surface area (Å²) in [6, 6.07) is 23.0. The van der Waals surface area contributed by atoms with Gasteiger partial charge < -0.3 is 29.3 Å². The van der Waals surface area contributed by atoms with E-state index in [1.54, 1.807) is 19.1 Å². The second-order valence-corrected chi connectivity index (χ2v) is 11.1. The molecule has 43 heavy (non-hydrogen) atoms. The maximum absolute atomic E-state index is 12.8. The van der Waals surface area contributed by atoms with E-state index in [-0.39, 0.29) is 30.4 Å². The molecule has 7 nitrogen and oxygen atoms in total. The van der Waals surface area contributed by atoms with Crippen molar-refractivity contribution in [1.82, 2.24) is 4.90 Å². The fraction of sp³-hybridized carbons (Fsp3) is 0.424. The van der Waals surface area contributed by atoms with Gasteiger partial charge in [-0.25, -0.2) is 0 Å². The molecule has 1 aliphatic heterocycles. The monoisotopic (exact) mass is 597 g/mol. The zero-order valence-electron chi connectivity index (χ0n) is 24.3. The Morgan fingerprint density at radius 2 is 1.60 bits per heavy atom. The highest BCUT2D eigenvalue weighted by Gasteiger charge is 2.32. The van der Waals surface area contributed by atoms with Gasteiger partial charge in [-0.15, -0.1) is 13.2 Å². The molecule has 0 bridgehead atoms. The van der Waals surface area contributed by atoms with Gasteiger partial charge in [0.2, 0.25) is 5.91 Å². The molecule has 5 rings (SSSR count). The van der Waals surface area contributed by atoms with E-state index in [2.05, 4.69) is 27.1 Å². The van der Waals surface area contributed by atoms with Crippen LogP contribution >= 0.6 is 0 Å². The molecule has 10 heteroatoms. The van der Waals surface area contributed by atoms with Gasteiger partial charge in [-0.05, 0) is 86.2 Å². The molecule has 1 saturated heterocycles. The molecule has 0 spiro atoms. The Balaban J connectivity index is 0.984. The number of nitrogens with one attached hydrogen (secondary N) is 1. The molecule has 230 valence electrons. The zero-order valence-corrected chi connectivity index (χ0v) is 24.3. The number of hydrogen-bond acceptors (Lipinski definition) is 6. The van der Waals surface area contributed by atoms with Crippen LogP contribution in [0.1, 0.15) is 36.8 Å². The number of anilines is 2. The standard InChI is InChI=1S/C33H38F3N3O4/c1-24-21-27(9-16-31(24)43-33(34,35)36)37-26-7-12-29(13-8-26)42-23-32(40)39-19-17-38(18-20-39)28-10-14-30(15-11-28)41-22-25-5-3-2-4-6-25/h2-6,9-11,14-16,21,26,29,37H,7-8,12-13,17-20,22-23H2,1H3. The highest BCUT2D eigenvalue weighted by molar-refractivity contribution is 5.77. The zero-order chi connectivity index (χ0) is 30.2. The molecule has 1 aliphatic carbocycles. The molecule has 0 unspecified atom stereocenters. The first-order valence-corrected chi connectivity index (χ1v) is 14.8. The van der Waals surface area contributed by atoms with Gasteiger partial charge in [-0.2, -0.15) is 0 Å². The van der Waals surface area contributed by atoms with Gasteiger partial charge >= 0.3 is 6.36 Å². The predicted octanol–water partition coefficient (Wildman–Crippen LogP) is 6.56. The SMILES string of the molecule is Cc1cc(NC2CCC(OCC(=O)N3CCN(c4ccc(OCc5ccccc5)cc4)CC3)CC2)ccc1OC(F)(F)F. The van der Waals surface area contributed by atoms with Gasteiger partial charge in [0.25, 0.3) is 0 Å². The molecule has 0 atom stereocenters. The molecule has 1 saturated carbocycles. The lowest BCUT2D eigenvalue weighted by Crippen LogP contribution is -2.50. The van der Waals surface area contributed by atoms with E-state index < -0.39 is 6.36 Å².